The number of thiazole rings is 1. The normalized spacial score (nSPS) is 20.2. The fraction of sp³-hybridized carbons (Fsp3) is 0.444. The maximum Gasteiger partial charge on any atom is 0.145 e. The van der Waals surface area contributed by atoms with Gasteiger partial charge in [0.05, 0.1) is 11.9 Å². The summed E-state index contributed by atoms with van der Waals surface area (Å²) in [5.41, 5.74) is 8.00. The van der Waals surface area contributed by atoms with Crippen LogP contribution in [0, 0.1) is 0 Å². The van der Waals surface area contributed by atoms with E-state index in [-0.39, 0.29) is 6.04 Å². The molecule has 1 atom stereocenters. The lowest BCUT2D eigenvalue weighted by molar-refractivity contribution is 0.573. The molecule has 5 nitrogen and oxygen atoms in total. The van der Waals surface area contributed by atoms with E-state index in [4.69, 9.17) is 5.73 Å². The van der Waals surface area contributed by atoms with Gasteiger partial charge in [-0.25, -0.2) is 4.98 Å². The topological polar surface area (TPSA) is 80.5 Å². The second-order valence-corrected chi connectivity index (χ2v) is 4.71. The molecule has 0 amide bonds. The summed E-state index contributed by atoms with van der Waals surface area (Å²) in [6, 6.07) is 0.159. The molecule has 1 unspecified atom stereocenters. The summed E-state index contributed by atoms with van der Waals surface area (Å²) in [4.78, 5) is 5.78. The molecule has 2 aromatic rings. The first-order chi connectivity index (χ1) is 7.34. The van der Waals surface area contributed by atoms with Crippen molar-refractivity contribution in [1.82, 2.24) is 20.4 Å². The summed E-state index contributed by atoms with van der Waals surface area (Å²) < 4.78 is 0. The van der Waals surface area contributed by atoms with E-state index in [1.807, 2.05) is 0 Å². The van der Waals surface area contributed by atoms with Gasteiger partial charge in [0.2, 0.25) is 0 Å². The van der Waals surface area contributed by atoms with E-state index in [9.17, 15) is 0 Å². The van der Waals surface area contributed by atoms with E-state index in [1.165, 1.54) is 4.88 Å². The van der Waals surface area contributed by atoms with Crippen LogP contribution in [0.25, 0.3) is 10.7 Å². The highest BCUT2D eigenvalue weighted by molar-refractivity contribution is 7.15. The number of H-pyrrole nitrogens is 1. The molecule has 2 heterocycles. The average molecular weight is 221 g/mol. The molecule has 6 heteroatoms. The molecule has 3 rings (SSSR count). The van der Waals surface area contributed by atoms with Crippen LogP contribution in [0.3, 0.4) is 0 Å². The Morgan fingerprint density at radius 1 is 1.53 bits per heavy atom. The predicted molar refractivity (Wildman–Crippen MR) is 57.4 cm³/mol. The van der Waals surface area contributed by atoms with Gasteiger partial charge in [-0.2, -0.15) is 15.4 Å². The molecule has 0 aliphatic heterocycles. The maximum absolute atomic E-state index is 6.04. The van der Waals surface area contributed by atoms with Crippen molar-refractivity contribution in [3.63, 3.8) is 0 Å². The first-order valence-corrected chi connectivity index (χ1v) is 5.77. The second kappa shape index (κ2) is 3.39. The molecule has 2 aromatic heterocycles. The summed E-state index contributed by atoms with van der Waals surface area (Å²) in [6.07, 6.45) is 4.93. The molecule has 0 aromatic carbocycles. The van der Waals surface area contributed by atoms with Crippen LogP contribution < -0.4 is 5.73 Å². The van der Waals surface area contributed by atoms with Crippen molar-refractivity contribution in [1.29, 1.82) is 0 Å². The lowest BCUT2D eigenvalue weighted by Crippen LogP contribution is -2.15. The highest BCUT2D eigenvalue weighted by Crippen LogP contribution is 2.35. The monoisotopic (exact) mass is 221 g/mol. The standard InChI is InChI=1S/C9H11N5S/c10-5-2-1-3-6-8(5)15-9(12-6)7-4-11-14-13-7/h4-5H,1-3,10H2,(H,11,13,14). The summed E-state index contributed by atoms with van der Waals surface area (Å²) >= 11 is 1.64. The van der Waals surface area contributed by atoms with Gasteiger partial charge in [0.15, 0.2) is 0 Å². The number of nitrogens with zero attached hydrogens (tertiary/aromatic N) is 3. The Labute approximate surface area is 90.7 Å². The lowest BCUT2D eigenvalue weighted by atomic mass is 9.99. The lowest BCUT2D eigenvalue weighted by Gasteiger charge is -2.15. The third-order valence-electron chi connectivity index (χ3n) is 2.63. The fourth-order valence-electron chi connectivity index (χ4n) is 1.87. The Hall–Kier alpha value is -1.27. The molecular formula is C9H11N5S. The number of fused-ring (bicyclic) bond motifs is 1. The van der Waals surface area contributed by atoms with E-state index < -0.39 is 0 Å². The van der Waals surface area contributed by atoms with Gasteiger partial charge in [0, 0.05) is 10.9 Å². The zero-order valence-electron chi connectivity index (χ0n) is 8.10. The maximum atomic E-state index is 6.04. The third-order valence-corrected chi connectivity index (χ3v) is 3.88. The highest BCUT2D eigenvalue weighted by atomic mass is 32.1. The Kier molecular flexibility index (Phi) is 2.03. The Morgan fingerprint density at radius 3 is 3.20 bits per heavy atom. The van der Waals surface area contributed by atoms with Gasteiger partial charge in [-0.15, -0.1) is 11.3 Å². The van der Waals surface area contributed by atoms with Gasteiger partial charge in [0.1, 0.15) is 10.7 Å². The van der Waals surface area contributed by atoms with E-state index in [2.05, 4.69) is 20.4 Å². The summed E-state index contributed by atoms with van der Waals surface area (Å²) in [5, 5.41) is 11.3. The van der Waals surface area contributed by atoms with Crippen molar-refractivity contribution in [3.05, 3.63) is 16.8 Å². The molecule has 0 saturated heterocycles. The summed E-state index contributed by atoms with van der Waals surface area (Å²) in [7, 11) is 0. The molecule has 0 saturated carbocycles. The third kappa shape index (κ3) is 1.46. The summed E-state index contributed by atoms with van der Waals surface area (Å²) in [6.45, 7) is 0. The molecule has 1 aliphatic rings. The van der Waals surface area contributed by atoms with Gasteiger partial charge in [-0.1, -0.05) is 0 Å². The molecule has 78 valence electrons. The number of aromatic amines is 1. The average Bonchev–Trinajstić information content (AvgIpc) is 2.86. The number of hydrogen-bond donors (Lipinski definition) is 2. The molecule has 1 aliphatic carbocycles. The van der Waals surface area contributed by atoms with Crippen molar-refractivity contribution in [2.24, 2.45) is 5.73 Å². The van der Waals surface area contributed by atoms with Crippen LogP contribution in [-0.2, 0) is 6.42 Å². The van der Waals surface area contributed by atoms with Gasteiger partial charge in [0.25, 0.3) is 0 Å². The van der Waals surface area contributed by atoms with Crippen molar-refractivity contribution in [3.8, 4) is 10.7 Å². The minimum atomic E-state index is 0.159. The van der Waals surface area contributed by atoms with Crippen LogP contribution in [0.15, 0.2) is 6.20 Å². The molecule has 15 heavy (non-hydrogen) atoms. The Bertz CT molecular complexity index is 461. The van der Waals surface area contributed by atoms with Crippen molar-refractivity contribution >= 4 is 11.3 Å². The minimum absolute atomic E-state index is 0.159. The van der Waals surface area contributed by atoms with Crippen LogP contribution in [0.1, 0.15) is 29.5 Å². The Morgan fingerprint density at radius 2 is 2.47 bits per heavy atom. The smallest absolute Gasteiger partial charge is 0.145 e. The molecule has 0 radical (unpaired) electrons. The highest BCUT2D eigenvalue weighted by Gasteiger charge is 2.22. The van der Waals surface area contributed by atoms with Crippen LogP contribution in [-0.4, -0.2) is 20.4 Å². The molecule has 3 N–H and O–H groups in total. The van der Waals surface area contributed by atoms with Crippen LogP contribution in [0.5, 0.6) is 0 Å². The number of nitrogens with one attached hydrogen (secondary N) is 1. The number of aryl methyl sites for hydroxylation is 1. The molecule has 0 bridgehead atoms. The van der Waals surface area contributed by atoms with Crippen molar-refractivity contribution < 1.29 is 0 Å². The number of nitrogens with two attached hydrogens (primary N) is 1. The van der Waals surface area contributed by atoms with Crippen LogP contribution in [0.4, 0.5) is 0 Å². The van der Waals surface area contributed by atoms with E-state index in [0.717, 1.165) is 35.7 Å². The first-order valence-electron chi connectivity index (χ1n) is 4.96. The Balaban J connectivity index is 2.06. The summed E-state index contributed by atoms with van der Waals surface area (Å²) in [5.74, 6) is 0. The van der Waals surface area contributed by atoms with E-state index in [1.54, 1.807) is 17.5 Å². The quantitative estimate of drug-likeness (QED) is 0.759. The largest absolute Gasteiger partial charge is 0.323 e. The number of rotatable bonds is 1. The van der Waals surface area contributed by atoms with E-state index >= 15 is 0 Å². The first kappa shape index (κ1) is 8.99. The van der Waals surface area contributed by atoms with Crippen molar-refractivity contribution in [2.45, 2.75) is 25.3 Å². The van der Waals surface area contributed by atoms with Gasteiger partial charge >= 0.3 is 0 Å². The molecule has 0 spiro atoms. The van der Waals surface area contributed by atoms with Crippen LogP contribution >= 0.6 is 11.3 Å². The molecular weight excluding hydrogens is 210 g/mol. The van der Waals surface area contributed by atoms with E-state index in [0.29, 0.717) is 0 Å². The number of aromatic nitrogens is 4. The minimum Gasteiger partial charge on any atom is -0.323 e. The number of hydrogen-bond acceptors (Lipinski definition) is 5. The second-order valence-electron chi connectivity index (χ2n) is 3.68. The molecule has 0 fully saturated rings. The zero-order valence-corrected chi connectivity index (χ0v) is 8.92. The van der Waals surface area contributed by atoms with Crippen LogP contribution in [0.2, 0.25) is 0 Å². The zero-order chi connectivity index (χ0) is 10.3. The van der Waals surface area contributed by atoms with Gasteiger partial charge in [-0.05, 0) is 19.3 Å². The van der Waals surface area contributed by atoms with Gasteiger partial charge in [-0.3, -0.25) is 0 Å². The SMILES string of the molecule is NC1CCCc2nc(-c3cn[nH]n3)sc21. The van der Waals surface area contributed by atoms with Crippen molar-refractivity contribution in [2.75, 3.05) is 0 Å². The van der Waals surface area contributed by atoms with Gasteiger partial charge < -0.3 is 5.73 Å². The predicted octanol–water partition coefficient (Wildman–Crippen LogP) is 1.26. The fourth-order valence-corrected chi connectivity index (χ4v) is 2.97.